The molecule has 0 spiro atoms. The van der Waals surface area contributed by atoms with Gasteiger partial charge in [0.15, 0.2) is 0 Å². The van der Waals surface area contributed by atoms with Crippen molar-refractivity contribution in [3.05, 3.63) is 60.6 Å². The summed E-state index contributed by atoms with van der Waals surface area (Å²) in [5.41, 5.74) is 3.44. The molecule has 0 bridgehead atoms. The third-order valence-corrected chi connectivity index (χ3v) is 7.11. The highest BCUT2D eigenvalue weighted by atomic mass is 32.3. The van der Waals surface area contributed by atoms with Gasteiger partial charge in [0.25, 0.3) is 5.89 Å². The van der Waals surface area contributed by atoms with E-state index in [9.17, 15) is 9.11 Å². The minimum Gasteiger partial charge on any atom is -0.415 e. The second-order valence-electron chi connectivity index (χ2n) is 7.45. The number of hydrogen-bond acceptors (Lipinski definition) is 9. The first-order valence-electron chi connectivity index (χ1n) is 10.0. The van der Waals surface area contributed by atoms with Crippen molar-refractivity contribution in [2.75, 3.05) is 7.05 Å². The van der Waals surface area contributed by atoms with E-state index in [2.05, 4.69) is 30.5 Å². The number of hydrogen-bond donors (Lipinski definition) is 3. The molecule has 0 unspecified atom stereocenters. The maximum absolute atomic E-state index is 10.3. The Hall–Kier alpha value is -3.18. The molecular formula is C22H24N6O3S. The molecule has 166 valence electrons. The van der Waals surface area contributed by atoms with E-state index in [4.69, 9.17) is 4.42 Å². The van der Waals surface area contributed by atoms with Crippen LogP contribution in [0.4, 0.5) is 0 Å². The van der Waals surface area contributed by atoms with Crippen LogP contribution in [0, 0.1) is 0 Å². The number of nitrogens with one attached hydrogen (secondary N) is 1. The Bertz CT molecular complexity index is 1190. The van der Waals surface area contributed by atoms with Crippen LogP contribution < -0.4 is 5.32 Å². The second-order valence-corrected chi connectivity index (χ2v) is 10.0. The van der Waals surface area contributed by atoms with Gasteiger partial charge in [-0.25, -0.2) is 4.98 Å². The number of aromatic nitrogens is 5. The van der Waals surface area contributed by atoms with Crippen LogP contribution in [0.2, 0.25) is 0 Å². The maximum Gasteiger partial charge on any atom is 0.268 e. The van der Waals surface area contributed by atoms with Crippen LogP contribution in [0.15, 0.2) is 64.3 Å². The highest BCUT2D eigenvalue weighted by Crippen LogP contribution is 2.51. The van der Waals surface area contributed by atoms with E-state index in [1.54, 1.807) is 38.4 Å². The average Bonchev–Trinajstić information content (AvgIpc) is 3.30. The predicted octanol–water partition coefficient (Wildman–Crippen LogP) is 4.49. The highest BCUT2D eigenvalue weighted by molar-refractivity contribution is 8.24. The zero-order valence-electron chi connectivity index (χ0n) is 17.9. The van der Waals surface area contributed by atoms with E-state index in [-0.39, 0.29) is 11.1 Å². The molecule has 0 aliphatic rings. The second kappa shape index (κ2) is 9.13. The SMILES string of the molecule is CNCc1ccc(-c2nnc(-c3cncc(-c4ccc(S(O)(O)C(C)C)cn4)n3)o2)cc1. The van der Waals surface area contributed by atoms with E-state index in [1.165, 1.54) is 6.20 Å². The normalized spacial score (nSPS) is 12.3. The maximum atomic E-state index is 10.3. The molecule has 0 atom stereocenters. The Morgan fingerprint density at radius 2 is 1.62 bits per heavy atom. The third kappa shape index (κ3) is 4.53. The molecule has 10 heteroatoms. The van der Waals surface area contributed by atoms with Crippen molar-refractivity contribution >= 4 is 10.6 Å². The molecule has 0 radical (unpaired) electrons. The van der Waals surface area contributed by atoms with Crippen molar-refractivity contribution in [3.8, 4) is 34.4 Å². The van der Waals surface area contributed by atoms with Crippen LogP contribution in [0.1, 0.15) is 19.4 Å². The lowest BCUT2D eigenvalue weighted by Gasteiger charge is -2.36. The minimum atomic E-state index is -2.89. The van der Waals surface area contributed by atoms with Crippen molar-refractivity contribution in [3.63, 3.8) is 0 Å². The molecule has 0 fully saturated rings. The van der Waals surface area contributed by atoms with E-state index in [1.807, 2.05) is 31.3 Å². The molecule has 4 aromatic rings. The summed E-state index contributed by atoms with van der Waals surface area (Å²) in [5, 5.41) is 11.0. The Labute approximate surface area is 187 Å². The van der Waals surface area contributed by atoms with Crippen LogP contribution in [0.3, 0.4) is 0 Å². The van der Waals surface area contributed by atoms with Gasteiger partial charge in [0.05, 0.1) is 29.2 Å². The van der Waals surface area contributed by atoms with Gasteiger partial charge in [0.1, 0.15) is 11.4 Å². The molecule has 9 nitrogen and oxygen atoms in total. The van der Waals surface area contributed by atoms with Gasteiger partial charge in [-0.3, -0.25) is 19.1 Å². The Morgan fingerprint density at radius 3 is 2.28 bits per heavy atom. The monoisotopic (exact) mass is 452 g/mol. The lowest BCUT2D eigenvalue weighted by atomic mass is 10.1. The van der Waals surface area contributed by atoms with Crippen LogP contribution in [0.25, 0.3) is 34.4 Å². The van der Waals surface area contributed by atoms with Gasteiger partial charge < -0.3 is 9.73 Å². The molecule has 3 N–H and O–H groups in total. The van der Waals surface area contributed by atoms with Gasteiger partial charge in [-0.15, -0.1) is 10.2 Å². The largest absolute Gasteiger partial charge is 0.415 e. The van der Waals surface area contributed by atoms with E-state index < -0.39 is 10.6 Å². The van der Waals surface area contributed by atoms with Crippen LogP contribution in [0.5, 0.6) is 0 Å². The van der Waals surface area contributed by atoms with E-state index in [0.29, 0.717) is 27.9 Å². The smallest absolute Gasteiger partial charge is 0.268 e. The number of pyridine rings is 1. The molecule has 0 amide bonds. The van der Waals surface area contributed by atoms with Gasteiger partial charge in [-0.1, -0.05) is 12.1 Å². The molecule has 0 saturated heterocycles. The Kier molecular flexibility index (Phi) is 6.28. The van der Waals surface area contributed by atoms with Gasteiger partial charge in [0.2, 0.25) is 5.89 Å². The highest BCUT2D eigenvalue weighted by Gasteiger charge is 2.21. The number of rotatable bonds is 7. The summed E-state index contributed by atoms with van der Waals surface area (Å²) in [4.78, 5) is 13.5. The first-order valence-corrected chi connectivity index (χ1v) is 11.6. The van der Waals surface area contributed by atoms with Crippen molar-refractivity contribution in [2.45, 2.75) is 30.5 Å². The van der Waals surface area contributed by atoms with Crippen LogP contribution in [-0.4, -0.2) is 46.6 Å². The van der Waals surface area contributed by atoms with Crippen molar-refractivity contribution < 1.29 is 13.5 Å². The van der Waals surface area contributed by atoms with E-state index >= 15 is 0 Å². The third-order valence-electron chi connectivity index (χ3n) is 4.86. The minimum absolute atomic E-state index is 0.249. The molecular weight excluding hydrogens is 428 g/mol. The fourth-order valence-corrected chi connectivity index (χ4v) is 4.01. The van der Waals surface area contributed by atoms with E-state index in [0.717, 1.165) is 17.7 Å². The van der Waals surface area contributed by atoms with Gasteiger partial charge in [0, 0.05) is 17.4 Å². The predicted molar refractivity (Wildman–Crippen MR) is 123 cm³/mol. The van der Waals surface area contributed by atoms with Crippen molar-refractivity contribution in [2.24, 2.45) is 0 Å². The number of benzene rings is 1. The molecule has 32 heavy (non-hydrogen) atoms. The number of nitrogens with zero attached hydrogens (tertiary/aromatic N) is 5. The molecule has 1 aromatic carbocycles. The first kappa shape index (κ1) is 22.0. The molecule has 0 saturated carbocycles. The van der Waals surface area contributed by atoms with Crippen molar-refractivity contribution in [1.82, 2.24) is 30.5 Å². The fourth-order valence-electron chi connectivity index (χ4n) is 2.99. The standard InChI is InChI=1S/C22H24N6O3S/c1-14(2)32(29,30)17-8-9-18(25-11-17)19-12-24-13-20(26-19)22-28-27-21(31-22)16-6-4-15(5-7-16)10-23-3/h4-9,11-14,23,29-30H,10H2,1-3H3. The summed E-state index contributed by atoms with van der Waals surface area (Å²) >= 11 is 0. The first-order chi connectivity index (χ1) is 15.4. The summed E-state index contributed by atoms with van der Waals surface area (Å²) < 4.78 is 26.4. The zero-order chi connectivity index (χ0) is 22.7. The summed E-state index contributed by atoms with van der Waals surface area (Å²) in [7, 11) is -0.993. The topological polar surface area (TPSA) is 130 Å². The van der Waals surface area contributed by atoms with Gasteiger partial charge in [-0.2, -0.15) is 10.6 Å². The molecule has 3 heterocycles. The molecule has 4 rings (SSSR count). The molecule has 0 aliphatic heterocycles. The lowest BCUT2D eigenvalue weighted by molar-refractivity contribution is 0.476. The summed E-state index contributed by atoms with van der Waals surface area (Å²) in [6.07, 6.45) is 4.58. The Balaban J connectivity index is 1.57. The Morgan fingerprint density at radius 1 is 0.906 bits per heavy atom. The molecule has 3 aromatic heterocycles. The van der Waals surface area contributed by atoms with Gasteiger partial charge >= 0.3 is 0 Å². The molecule has 0 aliphatic carbocycles. The van der Waals surface area contributed by atoms with Gasteiger partial charge in [-0.05, 0) is 50.7 Å². The quantitative estimate of drug-likeness (QED) is 0.371. The average molecular weight is 453 g/mol. The summed E-state index contributed by atoms with van der Waals surface area (Å²) in [6.45, 7) is 4.30. The summed E-state index contributed by atoms with van der Waals surface area (Å²) in [5.74, 6) is 0.642. The summed E-state index contributed by atoms with van der Waals surface area (Å²) in [6, 6.07) is 11.2. The van der Waals surface area contributed by atoms with Crippen molar-refractivity contribution in [1.29, 1.82) is 0 Å². The lowest BCUT2D eigenvalue weighted by Crippen LogP contribution is -2.10. The van der Waals surface area contributed by atoms with Crippen LogP contribution in [-0.2, 0) is 6.54 Å². The van der Waals surface area contributed by atoms with Crippen LogP contribution >= 0.6 is 10.6 Å². The fraction of sp³-hybridized carbons (Fsp3) is 0.227. The zero-order valence-corrected chi connectivity index (χ0v) is 18.7.